The molecule has 0 saturated carbocycles. The summed E-state index contributed by atoms with van der Waals surface area (Å²) in [5.74, 6) is 0.562. The van der Waals surface area contributed by atoms with Gasteiger partial charge in [0.25, 0.3) is 0 Å². The SMILES string of the molecule is COc1cc(C(=S)N2C[C@H](C)O[C@@H](C)C2)ccc1O. The van der Waals surface area contributed by atoms with E-state index in [4.69, 9.17) is 21.7 Å². The van der Waals surface area contributed by atoms with Crippen molar-refractivity contribution in [2.75, 3.05) is 20.2 Å². The molecular formula is C14H19NO3S. The van der Waals surface area contributed by atoms with Crippen molar-refractivity contribution < 1.29 is 14.6 Å². The molecule has 1 heterocycles. The number of methoxy groups -OCH3 is 1. The van der Waals surface area contributed by atoms with Crippen molar-refractivity contribution >= 4 is 17.2 Å². The van der Waals surface area contributed by atoms with E-state index in [0.717, 1.165) is 23.6 Å². The van der Waals surface area contributed by atoms with Gasteiger partial charge in [0.2, 0.25) is 0 Å². The van der Waals surface area contributed by atoms with Crippen LogP contribution in [0.25, 0.3) is 0 Å². The van der Waals surface area contributed by atoms with E-state index in [1.54, 1.807) is 12.1 Å². The van der Waals surface area contributed by atoms with Crippen LogP contribution in [0.3, 0.4) is 0 Å². The summed E-state index contributed by atoms with van der Waals surface area (Å²) < 4.78 is 10.8. The summed E-state index contributed by atoms with van der Waals surface area (Å²) in [5.41, 5.74) is 0.881. The Labute approximate surface area is 118 Å². The van der Waals surface area contributed by atoms with Crippen molar-refractivity contribution in [2.24, 2.45) is 0 Å². The predicted octanol–water partition coefficient (Wildman–Crippen LogP) is 2.19. The third-order valence-electron chi connectivity index (χ3n) is 3.13. The Bertz CT molecular complexity index is 468. The summed E-state index contributed by atoms with van der Waals surface area (Å²) in [7, 11) is 1.53. The van der Waals surface area contributed by atoms with Crippen LogP contribution in [-0.2, 0) is 4.74 Å². The quantitative estimate of drug-likeness (QED) is 0.842. The van der Waals surface area contributed by atoms with E-state index >= 15 is 0 Å². The zero-order valence-electron chi connectivity index (χ0n) is 11.4. The molecule has 1 aliphatic rings. The highest BCUT2D eigenvalue weighted by Gasteiger charge is 2.24. The molecule has 5 heteroatoms. The number of phenolic OH excluding ortho intramolecular Hbond substituents is 1. The maximum Gasteiger partial charge on any atom is 0.161 e. The molecule has 1 N–H and O–H groups in total. The van der Waals surface area contributed by atoms with Crippen molar-refractivity contribution in [1.82, 2.24) is 4.90 Å². The molecule has 1 aromatic carbocycles. The first kappa shape index (κ1) is 14.1. The van der Waals surface area contributed by atoms with Gasteiger partial charge in [0, 0.05) is 18.7 Å². The minimum atomic E-state index is 0.123. The van der Waals surface area contributed by atoms with E-state index in [9.17, 15) is 5.11 Å². The topological polar surface area (TPSA) is 41.9 Å². The Balaban J connectivity index is 2.19. The molecule has 0 amide bonds. The summed E-state index contributed by atoms with van der Waals surface area (Å²) in [6.45, 7) is 5.66. The molecule has 1 fully saturated rings. The largest absolute Gasteiger partial charge is 0.504 e. The normalized spacial score (nSPS) is 23.2. The molecular weight excluding hydrogens is 262 g/mol. The van der Waals surface area contributed by atoms with E-state index < -0.39 is 0 Å². The van der Waals surface area contributed by atoms with Crippen molar-refractivity contribution in [3.05, 3.63) is 23.8 Å². The predicted molar refractivity (Wildman–Crippen MR) is 77.9 cm³/mol. The van der Waals surface area contributed by atoms with E-state index in [2.05, 4.69) is 4.90 Å². The van der Waals surface area contributed by atoms with Crippen LogP contribution < -0.4 is 4.74 Å². The number of aromatic hydroxyl groups is 1. The maximum absolute atomic E-state index is 9.61. The molecule has 0 aromatic heterocycles. The van der Waals surface area contributed by atoms with E-state index in [-0.39, 0.29) is 18.0 Å². The van der Waals surface area contributed by atoms with Crippen LogP contribution in [0.5, 0.6) is 11.5 Å². The fourth-order valence-electron chi connectivity index (χ4n) is 2.34. The Morgan fingerprint density at radius 2 is 2.00 bits per heavy atom. The molecule has 0 bridgehead atoms. The van der Waals surface area contributed by atoms with E-state index in [1.807, 2.05) is 19.9 Å². The van der Waals surface area contributed by atoms with Gasteiger partial charge in [0.15, 0.2) is 11.5 Å². The van der Waals surface area contributed by atoms with Crippen LogP contribution in [0.1, 0.15) is 19.4 Å². The van der Waals surface area contributed by atoms with Gasteiger partial charge in [-0.15, -0.1) is 0 Å². The summed E-state index contributed by atoms with van der Waals surface area (Å²) in [5, 5.41) is 9.61. The number of thiocarbonyl (C=S) groups is 1. The first-order valence-corrected chi connectivity index (χ1v) is 6.74. The van der Waals surface area contributed by atoms with E-state index in [1.165, 1.54) is 7.11 Å². The second-order valence-electron chi connectivity index (χ2n) is 4.85. The maximum atomic E-state index is 9.61. The lowest BCUT2D eigenvalue weighted by molar-refractivity contribution is -0.0472. The zero-order valence-corrected chi connectivity index (χ0v) is 12.2. The Hall–Kier alpha value is -1.33. The van der Waals surface area contributed by atoms with Gasteiger partial charge in [0.05, 0.1) is 19.3 Å². The fourth-order valence-corrected chi connectivity index (χ4v) is 2.61. The van der Waals surface area contributed by atoms with Gasteiger partial charge in [-0.3, -0.25) is 0 Å². The molecule has 4 nitrogen and oxygen atoms in total. The van der Waals surface area contributed by atoms with Crippen LogP contribution >= 0.6 is 12.2 Å². The van der Waals surface area contributed by atoms with Gasteiger partial charge in [-0.1, -0.05) is 12.2 Å². The summed E-state index contributed by atoms with van der Waals surface area (Å²) >= 11 is 5.53. The summed E-state index contributed by atoms with van der Waals surface area (Å²) in [6.07, 6.45) is 0.335. The first-order valence-electron chi connectivity index (χ1n) is 6.33. The number of morpholine rings is 1. The lowest BCUT2D eigenvalue weighted by Crippen LogP contribution is -2.47. The number of phenols is 1. The molecule has 104 valence electrons. The molecule has 0 spiro atoms. The van der Waals surface area contributed by atoms with Crippen LogP contribution in [0.4, 0.5) is 0 Å². The van der Waals surface area contributed by atoms with Crippen molar-refractivity contribution in [1.29, 1.82) is 0 Å². The van der Waals surface area contributed by atoms with Crippen molar-refractivity contribution in [2.45, 2.75) is 26.1 Å². The average Bonchev–Trinajstić information content (AvgIpc) is 2.37. The monoisotopic (exact) mass is 281 g/mol. The van der Waals surface area contributed by atoms with Gasteiger partial charge in [0.1, 0.15) is 4.99 Å². The minimum absolute atomic E-state index is 0.123. The highest BCUT2D eigenvalue weighted by molar-refractivity contribution is 7.80. The molecule has 1 aliphatic heterocycles. The van der Waals surface area contributed by atoms with Gasteiger partial charge in [-0.05, 0) is 32.0 Å². The molecule has 2 rings (SSSR count). The molecule has 0 unspecified atom stereocenters. The van der Waals surface area contributed by atoms with Crippen LogP contribution in [-0.4, -0.2) is 47.4 Å². The number of hydrogen-bond donors (Lipinski definition) is 1. The molecule has 0 aliphatic carbocycles. The third kappa shape index (κ3) is 3.16. The molecule has 19 heavy (non-hydrogen) atoms. The number of ether oxygens (including phenoxy) is 2. The zero-order chi connectivity index (χ0) is 14.0. The van der Waals surface area contributed by atoms with Crippen LogP contribution in [0.15, 0.2) is 18.2 Å². The van der Waals surface area contributed by atoms with Crippen LogP contribution in [0.2, 0.25) is 0 Å². The smallest absolute Gasteiger partial charge is 0.161 e. The molecule has 2 atom stereocenters. The fraction of sp³-hybridized carbons (Fsp3) is 0.500. The number of hydrogen-bond acceptors (Lipinski definition) is 4. The highest BCUT2D eigenvalue weighted by Crippen LogP contribution is 2.27. The lowest BCUT2D eigenvalue weighted by Gasteiger charge is -2.37. The lowest BCUT2D eigenvalue weighted by atomic mass is 10.1. The van der Waals surface area contributed by atoms with Crippen LogP contribution in [0, 0.1) is 0 Å². The standard InChI is InChI=1S/C14H19NO3S/c1-9-7-15(8-10(2)18-9)14(19)11-4-5-12(16)13(6-11)17-3/h4-6,9-10,16H,7-8H2,1-3H3/t9-,10-/m0/s1. The summed E-state index contributed by atoms with van der Waals surface area (Å²) in [4.78, 5) is 2.90. The average molecular weight is 281 g/mol. The van der Waals surface area contributed by atoms with Gasteiger partial charge >= 0.3 is 0 Å². The van der Waals surface area contributed by atoms with E-state index in [0.29, 0.717) is 5.75 Å². The molecule has 1 saturated heterocycles. The molecule has 0 radical (unpaired) electrons. The number of rotatable bonds is 2. The Morgan fingerprint density at radius 1 is 1.37 bits per heavy atom. The second-order valence-corrected chi connectivity index (χ2v) is 5.24. The van der Waals surface area contributed by atoms with Gasteiger partial charge in [-0.25, -0.2) is 0 Å². The van der Waals surface area contributed by atoms with Crippen molar-refractivity contribution in [3.63, 3.8) is 0 Å². The molecule has 1 aromatic rings. The summed E-state index contributed by atoms with van der Waals surface area (Å²) in [6, 6.07) is 5.18. The van der Waals surface area contributed by atoms with Gasteiger partial charge < -0.3 is 19.5 Å². The minimum Gasteiger partial charge on any atom is -0.504 e. The first-order chi connectivity index (χ1) is 9.01. The number of benzene rings is 1. The Morgan fingerprint density at radius 3 is 2.58 bits per heavy atom. The third-order valence-corrected chi connectivity index (χ3v) is 3.63. The second kappa shape index (κ2) is 5.75. The van der Waals surface area contributed by atoms with Crippen molar-refractivity contribution in [3.8, 4) is 11.5 Å². The number of nitrogens with zero attached hydrogens (tertiary/aromatic N) is 1. The van der Waals surface area contributed by atoms with Gasteiger partial charge in [-0.2, -0.15) is 0 Å². The Kier molecular flexibility index (Phi) is 4.27. The highest BCUT2D eigenvalue weighted by atomic mass is 32.1.